The van der Waals surface area contributed by atoms with Crippen LogP contribution in [0, 0.1) is 0 Å². The van der Waals surface area contributed by atoms with Gasteiger partial charge >= 0.3 is 6.09 Å². The van der Waals surface area contributed by atoms with Gasteiger partial charge in [0, 0.05) is 13.5 Å². The van der Waals surface area contributed by atoms with Crippen molar-refractivity contribution < 1.29 is 19.1 Å². The minimum atomic E-state index is -0.948. The zero-order chi connectivity index (χ0) is 15.0. The van der Waals surface area contributed by atoms with Gasteiger partial charge in [0.05, 0.1) is 12.1 Å². The number of hydrogen-bond acceptors (Lipinski definition) is 4. The Hall–Kier alpha value is -1.88. The quantitative estimate of drug-likeness (QED) is 0.857. The number of amides is 1. The van der Waals surface area contributed by atoms with E-state index in [9.17, 15) is 9.59 Å². The summed E-state index contributed by atoms with van der Waals surface area (Å²) in [5, 5.41) is 0. The monoisotopic (exact) mass is 289 g/mol. The van der Waals surface area contributed by atoms with Crippen molar-refractivity contribution in [1.29, 1.82) is 0 Å². The summed E-state index contributed by atoms with van der Waals surface area (Å²) in [7, 11) is 1.52. The van der Waals surface area contributed by atoms with E-state index in [1.54, 1.807) is 11.8 Å². The normalized spacial score (nSPS) is 32.6. The molecule has 1 aliphatic carbocycles. The van der Waals surface area contributed by atoms with Crippen molar-refractivity contribution in [2.24, 2.45) is 0 Å². The predicted molar refractivity (Wildman–Crippen MR) is 75.8 cm³/mol. The predicted octanol–water partition coefficient (Wildman–Crippen LogP) is 2.32. The Morgan fingerprint density at radius 1 is 1.29 bits per heavy atom. The molecule has 21 heavy (non-hydrogen) atoms. The van der Waals surface area contributed by atoms with E-state index < -0.39 is 5.60 Å². The molecule has 5 nitrogen and oxygen atoms in total. The van der Waals surface area contributed by atoms with Crippen molar-refractivity contribution in [3.8, 4) is 0 Å². The summed E-state index contributed by atoms with van der Waals surface area (Å²) < 4.78 is 10.7. The van der Waals surface area contributed by atoms with Gasteiger partial charge in [-0.2, -0.15) is 0 Å². The van der Waals surface area contributed by atoms with E-state index in [2.05, 4.69) is 0 Å². The topological polar surface area (TPSA) is 55.8 Å². The van der Waals surface area contributed by atoms with Crippen molar-refractivity contribution >= 4 is 11.9 Å². The molecule has 1 aromatic rings. The molecule has 1 saturated carbocycles. The first-order valence-corrected chi connectivity index (χ1v) is 7.16. The number of carbonyl (C=O) groups is 2. The van der Waals surface area contributed by atoms with Crippen LogP contribution in [0.15, 0.2) is 30.3 Å². The van der Waals surface area contributed by atoms with Crippen LogP contribution in [0.25, 0.3) is 0 Å². The van der Waals surface area contributed by atoms with Crippen molar-refractivity contribution in [1.82, 2.24) is 4.90 Å². The maximum Gasteiger partial charge on any atom is 0.410 e. The average molecular weight is 289 g/mol. The second-order valence-corrected chi connectivity index (χ2v) is 5.70. The van der Waals surface area contributed by atoms with Gasteiger partial charge in [-0.15, -0.1) is 0 Å². The molecule has 1 aromatic carbocycles. The maximum absolute atomic E-state index is 12.2. The summed E-state index contributed by atoms with van der Waals surface area (Å²) in [5.74, 6) is 0.0431. The molecule has 0 aromatic heterocycles. The number of nitrogens with zero attached hydrogens (tertiary/aromatic N) is 1. The molecule has 3 atom stereocenters. The number of cyclic esters (lactones) is 1. The number of rotatable bonds is 3. The van der Waals surface area contributed by atoms with Crippen LogP contribution in [0.3, 0.4) is 0 Å². The summed E-state index contributed by atoms with van der Waals surface area (Å²) in [6, 6.07) is 9.31. The molecule has 112 valence electrons. The summed E-state index contributed by atoms with van der Waals surface area (Å²) >= 11 is 0. The third-order valence-corrected chi connectivity index (χ3v) is 4.69. The van der Waals surface area contributed by atoms with Crippen molar-refractivity contribution in [3.63, 3.8) is 0 Å². The number of benzene rings is 1. The number of ether oxygens (including phenoxy) is 2. The van der Waals surface area contributed by atoms with E-state index in [-0.39, 0.29) is 24.0 Å². The molecule has 3 rings (SSSR count). The molecule has 0 bridgehead atoms. The van der Waals surface area contributed by atoms with Gasteiger partial charge in [-0.1, -0.05) is 30.3 Å². The van der Waals surface area contributed by atoms with Gasteiger partial charge in [0.1, 0.15) is 12.2 Å². The molecule has 1 aliphatic heterocycles. The third kappa shape index (κ3) is 2.12. The Morgan fingerprint density at radius 2 is 2.00 bits per heavy atom. The van der Waals surface area contributed by atoms with Crippen LogP contribution < -0.4 is 0 Å². The van der Waals surface area contributed by atoms with Crippen LogP contribution in [0.2, 0.25) is 0 Å². The second-order valence-electron chi connectivity index (χ2n) is 5.70. The molecule has 0 radical (unpaired) electrons. The zero-order valence-corrected chi connectivity index (χ0v) is 12.2. The van der Waals surface area contributed by atoms with Gasteiger partial charge in [-0.25, -0.2) is 4.79 Å². The number of hydrogen-bond donors (Lipinski definition) is 0. The van der Waals surface area contributed by atoms with E-state index in [4.69, 9.17) is 9.47 Å². The lowest BCUT2D eigenvalue weighted by Crippen LogP contribution is -2.53. The molecule has 0 N–H and O–H groups in total. The zero-order valence-electron chi connectivity index (χ0n) is 12.2. The number of methoxy groups -OCH3 is 1. The van der Waals surface area contributed by atoms with Crippen LogP contribution in [0.5, 0.6) is 0 Å². The Kier molecular flexibility index (Phi) is 3.45. The van der Waals surface area contributed by atoms with Gasteiger partial charge < -0.3 is 9.47 Å². The highest BCUT2D eigenvalue weighted by atomic mass is 16.6. The molecule has 1 saturated heterocycles. The summed E-state index contributed by atoms with van der Waals surface area (Å²) in [4.78, 5) is 26.0. The van der Waals surface area contributed by atoms with Crippen molar-refractivity contribution in [2.75, 3.05) is 13.7 Å². The molecular weight excluding hydrogens is 270 g/mol. The lowest BCUT2D eigenvalue weighted by atomic mass is 9.95. The van der Waals surface area contributed by atoms with Crippen LogP contribution in [0.1, 0.15) is 31.4 Å². The molecule has 1 amide bonds. The standard InChI is InChI=1S/C16H19NO4/c1-16(20-2)13(8-9-14(16)18)17-12(10-21-15(17)19)11-6-4-3-5-7-11/h3-7,12-13H,8-10H2,1-2H3/t12-,13-,16+/m0/s1. The first kappa shape index (κ1) is 14.1. The Bertz CT molecular complexity index is 559. The van der Waals surface area contributed by atoms with Crippen molar-refractivity contribution in [3.05, 3.63) is 35.9 Å². The molecule has 0 spiro atoms. The van der Waals surface area contributed by atoms with E-state index in [1.165, 1.54) is 7.11 Å². The second kappa shape index (κ2) is 5.15. The van der Waals surface area contributed by atoms with Gasteiger partial charge in [0.25, 0.3) is 0 Å². The van der Waals surface area contributed by atoms with Crippen LogP contribution in [-0.2, 0) is 14.3 Å². The van der Waals surface area contributed by atoms with Gasteiger partial charge in [0.2, 0.25) is 0 Å². The molecule has 1 heterocycles. The van der Waals surface area contributed by atoms with Gasteiger partial charge in [0.15, 0.2) is 5.78 Å². The minimum absolute atomic E-state index is 0.0431. The Morgan fingerprint density at radius 3 is 2.67 bits per heavy atom. The molecule has 2 aliphatic rings. The number of ketones is 1. The minimum Gasteiger partial charge on any atom is -0.447 e. The highest BCUT2D eigenvalue weighted by Crippen LogP contribution is 2.40. The lowest BCUT2D eigenvalue weighted by Gasteiger charge is -2.36. The smallest absolute Gasteiger partial charge is 0.410 e. The van der Waals surface area contributed by atoms with Crippen molar-refractivity contribution in [2.45, 2.75) is 37.5 Å². The van der Waals surface area contributed by atoms with E-state index in [1.807, 2.05) is 30.3 Å². The van der Waals surface area contributed by atoms with E-state index in [0.29, 0.717) is 19.4 Å². The molecule has 5 heteroatoms. The van der Waals surface area contributed by atoms with E-state index in [0.717, 1.165) is 5.56 Å². The lowest BCUT2D eigenvalue weighted by molar-refractivity contribution is -0.139. The summed E-state index contributed by atoms with van der Waals surface area (Å²) in [6.07, 6.45) is 0.675. The van der Waals surface area contributed by atoms with E-state index >= 15 is 0 Å². The largest absolute Gasteiger partial charge is 0.447 e. The Labute approximate surface area is 123 Å². The molecule has 2 fully saturated rings. The third-order valence-electron chi connectivity index (χ3n) is 4.69. The number of Topliss-reactive ketones (excluding diaryl/α,β-unsaturated/α-hetero) is 1. The van der Waals surface area contributed by atoms with Crippen LogP contribution in [0.4, 0.5) is 4.79 Å². The fourth-order valence-electron chi connectivity index (χ4n) is 3.34. The Balaban J connectivity index is 1.95. The van der Waals surface area contributed by atoms with Gasteiger partial charge in [-0.05, 0) is 18.9 Å². The molecular formula is C16H19NO4. The van der Waals surface area contributed by atoms with Crippen LogP contribution in [-0.4, -0.2) is 42.1 Å². The van der Waals surface area contributed by atoms with Crippen LogP contribution >= 0.6 is 0 Å². The average Bonchev–Trinajstić information content (AvgIpc) is 3.02. The fourth-order valence-corrected chi connectivity index (χ4v) is 3.34. The first-order chi connectivity index (χ1) is 10.1. The summed E-state index contributed by atoms with van der Waals surface area (Å²) in [5.41, 5.74) is 0.0669. The van der Waals surface area contributed by atoms with Gasteiger partial charge in [-0.3, -0.25) is 9.69 Å². The SMILES string of the molecule is CO[C@@]1(C)C(=O)CC[C@@H]1N1C(=O)OC[C@H]1c1ccccc1. The summed E-state index contributed by atoms with van der Waals surface area (Å²) in [6.45, 7) is 2.08. The highest BCUT2D eigenvalue weighted by molar-refractivity contribution is 5.91. The number of carbonyl (C=O) groups excluding carboxylic acids is 2. The maximum atomic E-state index is 12.2. The fraction of sp³-hybridized carbons (Fsp3) is 0.500. The molecule has 0 unspecified atom stereocenters. The first-order valence-electron chi connectivity index (χ1n) is 7.16. The highest BCUT2D eigenvalue weighted by Gasteiger charge is 2.54.